The monoisotopic (exact) mass is 319 g/mol. The number of nitrogens with one attached hydrogen (secondary N) is 2. The first-order valence-electron chi connectivity index (χ1n) is 7.57. The van der Waals surface area contributed by atoms with Crippen LogP contribution < -0.4 is 5.32 Å². The highest BCUT2D eigenvalue weighted by Crippen LogP contribution is 2.26. The molecule has 0 aliphatic carbocycles. The fourth-order valence-corrected chi connectivity index (χ4v) is 2.61. The van der Waals surface area contributed by atoms with Crippen LogP contribution in [0.25, 0.3) is 17.0 Å². The first-order valence-corrected chi connectivity index (χ1v) is 7.57. The molecule has 3 rings (SSSR count). The number of hydrogen-bond acceptors (Lipinski definition) is 3. The van der Waals surface area contributed by atoms with Crippen LogP contribution in [0, 0.1) is 6.92 Å². The van der Waals surface area contributed by atoms with E-state index in [4.69, 9.17) is 0 Å². The Bertz CT molecular complexity index is 940. The van der Waals surface area contributed by atoms with E-state index in [9.17, 15) is 9.59 Å². The average molecular weight is 319 g/mol. The lowest BCUT2D eigenvalue weighted by Crippen LogP contribution is -2.05. The highest BCUT2D eigenvalue weighted by atomic mass is 16.1. The maximum Gasteiger partial charge on any atom is 0.221 e. The molecule has 2 aromatic heterocycles. The fourth-order valence-electron chi connectivity index (χ4n) is 2.61. The summed E-state index contributed by atoms with van der Waals surface area (Å²) in [5.74, 6) is -0.198. The zero-order valence-electron chi connectivity index (χ0n) is 13.5. The second-order valence-corrected chi connectivity index (χ2v) is 5.54. The van der Waals surface area contributed by atoms with Gasteiger partial charge in [-0.25, -0.2) is 0 Å². The van der Waals surface area contributed by atoms with E-state index in [1.54, 1.807) is 36.7 Å². The zero-order valence-corrected chi connectivity index (χ0v) is 13.5. The third kappa shape index (κ3) is 3.25. The van der Waals surface area contributed by atoms with Crippen molar-refractivity contribution in [1.29, 1.82) is 0 Å². The molecule has 5 heteroatoms. The van der Waals surface area contributed by atoms with Crippen molar-refractivity contribution in [2.24, 2.45) is 0 Å². The van der Waals surface area contributed by atoms with E-state index in [1.807, 2.05) is 25.1 Å². The van der Waals surface area contributed by atoms with Crippen LogP contribution in [0.2, 0.25) is 0 Å². The van der Waals surface area contributed by atoms with Crippen LogP contribution in [0.5, 0.6) is 0 Å². The van der Waals surface area contributed by atoms with Gasteiger partial charge < -0.3 is 10.3 Å². The summed E-state index contributed by atoms with van der Waals surface area (Å²) in [6, 6.07) is 9.02. The summed E-state index contributed by atoms with van der Waals surface area (Å²) in [5.41, 5.74) is 4.17. The standard InChI is InChI=1S/C19H17N3O2/c1-12-16(4-6-19(24)14-7-9-20-10-8-14)17-11-15(22-13(2)23)3-5-18(17)21-12/h3-11,21H,1-2H3,(H,22,23)/b6-4+. The predicted octanol–water partition coefficient (Wildman–Crippen LogP) is 3.73. The van der Waals surface area contributed by atoms with Crippen molar-refractivity contribution in [1.82, 2.24) is 9.97 Å². The van der Waals surface area contributed by atoms with Gasteiger partial charge in [-0.05, 0) is 49.4 Å². The average Bonchev–Trinajstić information content (AvgIpc) is 2.87. The molecule has 0 atom stereocenters. The van der Waals surface area contributed by atoms with E-state index in [0.29, 0.717) is 5.56 Å². The number of aryl methyl sites for hydroxylation is 1. The summed E-state index contributed by atoms with van der Waals surface area (Å²) in [6.45, 7) is 3.43. The number of nitrogens with zero attached hydrogens (tertiary/aromatic N) is 1. The molecule has 1 aromatic carbocycles. The SMILES string of the molecule is CC(=O)Nc1ccc2[nH]c(C)c(/C=C/C(=O)c3ccncc3)c2c1. The van der Waals surface area contributed by atoms with Gasteiger partial charge in [0.2, 0.25) is 5.91 Å². The van der Waals surface area contributed by atoms with Gasteiger partial charge in [0.15, 0.2) is 5.78 Å². The number of allylic oxidation sites excluding steroid dienone is 1. The highest BCUT2D eigenvalue weighted by Gasteiger charge is 2.08. The van der Waals surface area contributed by atoms with E-state index in [2.05, 4.69) is 15.3 Å². The summed E-state index contributed by atoms with van der Waals surface area (Å²) in [4.78, 5) is 30.6. The number of benzene rings is 1. The Kier molecular flexibility index (Phi) is 4.24. The Morgan fingerprint density at radius 1 is 1.17 bits per heavy atom. The molecule has 120 valence electrons. The minimum atomic E-state index is -0.119. The van der Waals surface area contributed by atoms with Crippen LogP contribution >= 0.6 is 0 Å². The van der Waals surface area contributed by atoms with Crippen molar-refractivity contribution in [3.05, 3.63) is 65.6 Å². The first-order chi connectivity index (χ1) is 11.5. The summed E-state index contributed by atoms with van der Waals surface area (Å²) >= 11 is 0. The summed E-state index contributed by atoms with van der Waals surface area (Å²) in [7, 11) is 0. The van der Waals surface area contributed by atoms with E-state index in [-0.39, 0.29) is 11.7 Å². The number of pyridine rings is 1. The fraction of sp³-hybridized carbons (Fsp3) is 0.105. The largest absolute Gasteiger partial charge is 0.358 e. The van der Waals surface area contributed by atoms with Gasteiger partial charge in [-0.2, -0.15) is 0 Å². The highest BCUT2D eigenvalue weighted by molar-refractivity contribution is 6.08. The normalized spacial score (nSPS) is 11.1. The lowest BCUT2D eigenvalue weighted by atomic mass is 10.1. The number of fused-ring (bicyclic) bond motifs is 1. The molecule has 0 radical (unpaired) electrons. The van der Waals surface area contributed by atoms with Crippen LogP contribution in [-0.4, -0.2) is 21.7 Å². The lowest BCUT2D eigenvalue weighted by Gasteiger charge is -2.02. The lowest BCUT2D eigenvalue weighted by molar-refractivity contribution is -0.114. The zero-order chi connectivity index (χ0) is 17.1. The number of hydrogen-bond donors (Lipinski definition) is 2. The second-order valence-electron chi connectivity index (χ2n) is 5.54. The van der Waals surface area contributed by atoms with Crippen LogP contribution in [0.15, 0.2) is 48.8 Å². The predicted molar refractivity (Wildman–Crippen MR) is 94.9 cm³/mol. The van der Waals surface area contributed by atoms with Gasteiger partial charge in [0, 0.05) is 52.7 Å². The van der Waals surface area contributed by atoms with Gasteiger partial charge in [-0.15, -0.1) is 0 Å². The number of anilines is 1. The van der Waals surface area contributed by atoms with E-state index in [0.717, 1.165) is 27.8 Å². The van der Waals surface area contributed by atoms with Crippen LogP contribution in [0.1, 0.15) is 28.5 Å². The van der Waals surface area contributed by atoms with Crippen molar-refractivity contribution < 1.29 is 9.59 Å². The Balaban J connectivity index is 1.96. The minimum absolute atomic E-state index is 0.0795. The van der Waals surface area contributed by atoms with Crippen molar-refractivity contribution in [2.75, 3.05) is 5.32 Å². The second kappa shape index (κ2) is 6.50. The molecule has 0 unspecified atom stereocenters. The molecule has 0 aliphatic heterocycles. The van der Waals surface area contributed by atoms with Gasteiger partial charge in [0.05, 0.1) is 0 Å². The van der Waals surface area contributed by atoms with Crippen molar-refractivity contribution in [3.8, 4) is 0 Å². The van der Waals surface area contributed by atoms with Crippen LogP contribution in [0.3, 0.4) is 0 Å². The third-order valence-corrected chi connectivity index (χ3v) is 3.72. The summed E-state index contributed by atoms with van der Waals surface area (Å²) in [6.07, 6.45) is 6.54. The number of carbonyl (C=O) groups is 2. The quantitative estimate of drug-likeness (QED) is 0.568. The Morgan fingerprint density at radius 2 is 1.92 bits per heavy atom. The number of H-pyrrole nitrogens is 1. The van der Waals surface area contributed by atoms with Crippen LogP contribution in [-0.2, 0) is 4.79 Å². The number of aromatic amines is 1. The van der Waals surface area contributed by atoms with E-state index >= 15 is 0 Å². The summed E-state index contributed by atoms with van der Waals surface area (Å²) < 4.78 is 0. The Hall–Kier alpha value is -3.21. The Labute approximate surface area is 139 Å². The number of aromatic nitrogens is 2. The van der Waals surface area contributed by atoms with Gasteiger partial charge in [0.1, 0.15) is 0 Å². The molecular formula is C19H17N3O2. The maximum atomic E-state index is 12.2. The molecule has 0 fully saturated rings. The molecule has 0 aliphatic rings. The number of amides is 1. The smallest absolute Gasteiger partial charge is 0.221 e. The van der Waals surface area contributed by atoms with E-state index in [1.165, 1.54) is 6.92 Å². The molecule has 1 amide bonds. The molecular weight excluding hydrogens is 302 g/mol. The van der Waals surface area contributed by atoms with Crippen molar-refractivity contribution in [2.45, 2.75) is 13.8 Å². The van der Waals surface area contributed by atoms with E-state index < -0.39 is 0 Å². The molecule has 0 spiro atoms. The Morgan fingerprint density at radius 3 is 2.62 bits per heavy atom. The van der Waals surface area contributed by atoms with Gasteiger partial charge >= 0.3 is 0 Å². The number of rotatable bonds is 4. The molecule has 5 nitrogen and oxygen atoms in total. The van der Waals surface area contributed by atoms with Gasteiger partial charge in [0.25, 0.3) is 0 Å². The molecule has 3 aromatic rings. The molecule has 2 N–H and O–H groups in total. The number of ketones is 1. The first kappa shape index (κ1) is 15.7. The topological polar surface area (TPSA) is 74.8 Å². The molecule has 0 saturated carbocycles. The van der Waals surface area contributed by atoms with Crippen LogP contribution in [0.4, 0.5) is 5.69 Å². The van der Waals surface area contributed by atoms with Gasteiger partial charge in [-0.3, -0.25) is 14.6 Å². The minimum Gasteiger partial charge on any atom is -0.358 e. The molecule has 2 heterocycles. The maximum absolute atomic E-state index is 12.2. The molecule has 0 saturated heterocycles. The van der Waals surface area contributed by atoms with Crippen molar-refractivity contribution >= 4 is 34.4 Å². The van der Waals surface area contributed by atoms with Gasteiger partial charge in [-0.1, -0.05) is 0 Å². The molecule has 0 bridgehead atoms. The molecule has 24 heavy (non-hydrogen) atoms. The summed E-state index contributed by atoms with van der Waals surface area (Å²) in [5, 5.41) is 3.73. The third-order valence-electron chi connectivity index (χ3n) is 3.72. The van der Waals surface area contributed by atoms with Crippen molar-refractivity contribution in [3.63, 3.8) is 0 Å². The number of carbonyl (C=O) groups excluding carboxylic acids is 2.